The van der Waals surface area contributed by atoms with Crippen LogP contribution in [0.5, 0.6) is 11.5 Å². The number of carbonyl (C=O) groups is 2. The van der Waals surface area contributed by atoms with Gasteiger partial charge in [-0.25, -0.2) is 0 Å². The van der Waals surface area contributed by atoms with Gasteiger partial charge in [0.05, 0.1) is 23.9 Å². The number of anilines is 1. The van der Waals surface area contributed by atoms with Crippen LogP contribution in [0, 0.1) is 6.92 Å². The van der Waals surface area contributed by atoms with Crippen LogP contribution in [0.2, 0.25) is 0 Å². The highest BCUT2D eigenvalue weighted by Gasteiger charge is 2.35. The van der Waals surface area contributed by atoms with Crippen LogP contribution in [0.4, 0.5) is 5.69 Å². The van der Waals surface area contributed by atoms with Gasteiger partial charge in [-0.05, 0) is 77.4 Å². The number of ether oxygens (including phenoxy) is 2. The Bertz CT molecular complexity index is 1040. The zero-order valence-electron chi connectivity index (χ0n) is 16.1. The van der Waals surface area contributed by atoms with E-state index in [1.54, 1.807) is 18.2 Å². The van der Waals surface area contributed by atoms with Crippen LogP contribution in [-0.4, -0.2) is 30.6 Å². The first-order valence-electron chi connectivity index (χ1n) is 8.84. The number of rotatable bonds is 5. The zero-order valence-corrected chi connectivity index (χ0v) is 18.5. The van der Waals surface area contributed by atoms with Gasteiger partial charge >= 0.3 is 0 Å². The Labute approximate surface area is 182 Å². The topological polar surface area (TPSA) is 67.9 Å². The van der Waals surface area contributed by atoms with Crippen LogP contribution in [0.3, 0.4) is 0 Å². The van der Waals surface area contributed by atoms with Gasteiger partial charge in [-0.2, -0.15) is 0 Å². The van der Waals surface area contributed by atoms with E-state index in [4.69, 9.17) is 21.7 Å². The second-order valence-electron chi connectivity index (χ2n) is 6.21. The van der Waals surface area contributed by atoms with E-state index in [-0.39, 0.29) is 10.7 Å². The molecule has 0 radical (unpaired) electrons. The molecule has 0 atom stereocenters. The van der Waals surface area contributed by atoms with Crippen LogP contribution >= 0.6 is 28.1 Å². The summed E-state index contributed by atoms with van der Waals surface area (Å²) >= 11 is 8.70. The summed E-state index contributed by atoms with van der Waals surface area (Å²) in [6, 6.07) is 10.8. The number of hydrogen-bond acceptors (Lipinski definition) is 5. The number of nitrogens with zero attached hydrogens (tertiary/aromatic N) is 1. The molecule has 0 saturated carbocycles. The molecular formula is C21H19BrN2O4S. The number of thiocarbonyl (C=S) groups is 1. The Morgan fingerprint density at radius 3 is 2.62 bits per heavy atom. The first-order valence-corrected chi connectivity index (χ1v) is 10.0. The van der Waals surface area contributed by atoms with Crippen LogP contribution < -0.4 is 19.7 Å². The van der Waals surface area contributed by atoms with Crippen molar-refractivity contribution in [2.24, 2.45) is 0 Å². The summed E-state index contributed by atoms with van der Waals surface area (Å²) in [5.41, 5.74) is 2.07. The summed E-state index contributed by atoms with van der Waals surface area (Å²) in [7, 11) is 1.53. The summed E-state index contributed by atoms with van der Waals surface area (Å²) < 4.78 is 11.6. The Balaban J connectivity index is 2.05. The smallest absolute Gasteiger partial charge is 0.270 e. The van der Waals surface area contributed by atoms with Crippen molar-refractivity contribution in [3.05, 3.63) is 57.6 Å². The van der Waals surface area contributed by atoms with Crippen LogP contribution in [0.1, 0.15) is 18.1 Å². The molecule has 29 heavy (non-hydrogen) atoms. The largest absolute Gasteiger partial charge is 0.493 e. The molecule has 2 aromatic rings. The molecule has 0 bridgehead atoms. The minimum atomic E-state index is -0.547. The van der Waals surface area contributed by atoms with Crippen molar-refractivity contribution in [2.45, 2.75) is 13.8 Å². The van der Waals surface area contributed by atoms with Crippen LogP contribution in [0.25, 0.3) is 6.08 Å². The summed E-state index contributed by atoms with van der Waals surface area (Å²) in [6.07, 6.45) is 1.51. The first-order chi connectivity index (χ1) is 13.9. The summed E-state index contributed by atoms with van der Waals surface area (Å²) in [6.45, 7) is 4.22. The number of aryl methyl sites for hydroxylation is 1. The van der Waals surface area contributed by atoms with Crippen molar-refractivity contribution in [1.29, 1.82) is 0 Å². The van der Waals surface area contributed by atoms with Crippen molar-refractivity contribution < 1.29 is 19.1 Å². The molecule has 0 aromatic heterocycles. The van der Waals surface area contributed by atoms with Gasteiger partial charge in [-0.1, -0.05) is 18.2 Å². The highest BCUT2D eigenvalue weighted by atomic mass is 79.9. The van der Waals surface area contributed by atoms with Gasteiger partial charge < -0.3 is 9.47 Å². The average Bonchev–Trinajstić information content (AvgIpc) is 2.68. The van der Waals surface area contributed by atoms with Gasteiger partial charge in [0.1, 0.15) is 5.57 Å². The minimum Gasteiger partial charge on any atom is -0.493 e. The summed E-state index contributed by atoms with van der Waals surface area (Å²) in [5, 5.41) is 2.65. The molecule has 1 fully saturated rings. The van der Waals surface area contributed by atoms with E-state index in [2.05, 4.69) is 21.2 Å². The van der Waals surface area contributed by atoms with E-state index in [1.807, 2.05) is 32.0 Å². The molecule has 0 unspecified atom stereocenters. The van der Waals surface area contributed by atoms with Crippen LogP contribution in [-0.2, 0) is 9.59 Å². The van der Waals surface area contributed by atoms with Crippen molar-refractivity contribution in [3.63, 3.8) is 0 Å². The van der Waals surface area contributed by atoms with E-state index >= 15 is 0 Å². The zero-order chi connectivity index (χ0) is 21.1. The van der Waals surface area contributed by atoms with Crippen molar-refractivity contribution in [2.75, 3.05) is 18.6 Å². The lowest BCUT2D eigenvalue weighted by molar-refractivity contribution is -0.122. The molecule has 0 spiro atoms. The molecule has 8 heteroatoms. The number of hydrogen-bond donors (Lipinski definition) is 1. The third-order valence-corrected chi connectivity index (χ3v) is 5.18. The maximum atomic E-state index is 13.2. The number of amides is 2. The molecular weight excluding hydrogens is 456 g/mol. The quantitative estimate of drug-likeness (QED) is 0.403. The fraction of sp³-hybridized carbons (Fsp3) is 0.190. The first kappa shape index (κ1) is 21.0. The molecule has 2 amide bonds. The predicted octanol–water partition coefficient (Wildman–Crippen LogP) is 4.00. The summed E-state index contributed by atoms with van der Waals surface area (Å²) in [4.78, 5) is 27.0. The Morgan fingerprint density at radius 1 is 1.24 bits per heavy atom. The second kappa shape index (κ2) is 8.75. The van der Waals surface area contributed by atoms with Crippen molar-refractivity contribution >= 4 is 56.8 Å². The maximum absolute atomic E-state index is 13.2. The lowest BCUT2D eigenvalue weighted by Crippen LogP contribution is -2.54. The van der Waals surface area contributed by atoms with Gasteiger partial charge in [-0.15, -0.1) is 0 Å². The molecule has 3 rings (SSSR count). The van der Waals surface area contributed by atoms with E-state index < -0.39 is 11.8 Å². The number of benzene rings is 2. The number of methoxy groups -OCH3 is 1. The number of nitrogens with one attached hydrogen (secondary N) is 1. The predicted molar refractivity (Wildman–Crippen MR) is 119 cm³/mol. The fourth-order valence-corrected chi connectivity index (χ4v) is 3.81. The lowest BCUT2D eigenvalue weighted by atomic mass is 10.1. The number of carbonyl (C=O) groups excluding carboxylic acids is 2. The maximum Gasteiger partial charge on any atom is 0.270 e. The Hall–Kier alpha value is -2.71. The third kappa shape index (κ3) is 4.18. The molecule has 1 aliphatic rings. The van der Waals surface area contributed by atoms with Gasteiger partial charge in [-0.3, -0.25) is 19.8 Å². The third-order valence-electron chi connectivity index (χ3n) is 4.31. The monoisotopic (exact) mass is 474 g/mol. The Kier molecular flexibility index (Phi) is 6.34. The van der Waals surface area contributed by atoms with E-state index in [1.165, 1.54) is 18.1 Å². The summed E-state index contributed by atoms with van der Waals surface area (Å²) in [5.74, 6) is 0.00754. The van der Waals surface area contributed by atoms with E-state index in [0.717, 1.165) is 5.56 Å². The van der Waals surface area contributed by atoms with E-state index in [9.17, 15) is 9.59 Å². The highest BCUT2D eigenvalue weighted by Crippen LogP contribution is 2.37. The SMILES string of the molecule is CCOc1c(Br)cc(/C=C2\C(=O)NC(=S)N(c3ccccc3C)C2=O)cc1OC. The molecule has 1 saturated heterocycles. The van der Waals surface area contributed by atoms with Gasteiger partial charge in [0, 0.05) is 0 Å². The second-order valence-corrected chi connectivity index (χ2v) is 7.45. The molecule has 1 aliphatic heterocycles. The molecule has 150 valence electrons. The molecule has 6 nitrogen and oxygen atoms in total. The standard InChI is InChI=1S/C21H19BrN2O4S/c1-4-28-18-15(22)10-13(11-17(18)27-3)9-14-19(25)23-21(29)24(20(14)26)16-8-6-5-7-12(16)2/h5-11H,4H2,1-3H3,(H,23,25,29)/b14-9+. The van der Waals surface area contributed by atoms with Crippen molar-refractivity contribution in [1.82, 2.24) is 5.32 Å². The van der Waals surface area contributed by atoms with Gasteiger partial charge in [0.2, 0.25) is 0 Å². The Morgan fingerprint density at radius 2 is 1.97 bits per heavy atom. The highest BCUT2D eigenvalue weighted by molar-refractivity contribution is 9.10. The average molecular weight is 475 g/mol. The van der Waals surface area contributed by atoms with Gasteiger partial charge in [0.15, 0.2) is 16.6 Å². The van der Waals surface area contributed by atoms with E-state index in [0.29, 0.717) is 33.8 Å². The molecule has 2 aromatic carbocycles. The number of halogens is 1. The number of para-hydroxylation sites is 1. The van der Waals surface area contributed by atoms with Crippen LogP contribution in [0.15, 0.2) is 46.4 Å². The molecule has 1 N–H and O–H groups in total. The normalized spacial score (nSPS) is 15.5. The molecule has 0 aliphatic carbocycles. The minimum absolute atomic E-state index is 0.0278. The van der Waals surface area contributed by atoms with Gasteiger partial charge in [0.25, 0.3) is 11.8 Å². The molecule has 1 heterocycles. The lowest BCUT2D eigenvalue weighted by Gasteiger charge is -2.30. The van der Waals surface area contributed by atoms with Crippen molar-refractivity contribution in [3.8, 4) is 11.5 Å². The fourth-order valence-electron chi connectivity index (χ4n) is 2.96.